The number of nitrogens with one attached hydrogen (secondary N) is 1. The highest BCUT2D eigenvalue weighted by molar-refractivity contribution is 5.91. The molecule has 7 heteroatoms. The second-order valence-electron chi connectivity index (χ2n) is 6.76. The molecule has 1 aromatic carbocycles. The molecule has 0 atom stereocenters. The van der Waals surface area contributed by atoms with Crippen LogP contribution in [0.3, 0.4) is 0 Å². The van der Waals surface area contributed by atoms with E-state index in [1.165, 1.54) is 11.8 Å². The van der Waals surface area contributed by atoms with Crippen molar-refractivity contribution < 1.29 is 14.3 Å². The summed E-state index contributed by atoms with van der Waals surface area (Å²) in [7, 11) is 0. The minimum Gasteiger partial charge on any atom is -0.452 e. The SMILES string of the molecule is Cc1cc(C)n(-c2ccc(C(=O)OCC(=O)NCCCc3ccccc3)cn2)n1. The molecule has 0 bridgehead atoms. The van der Waals surface area contributed by atoms with Crippen molar-refractivity contribution in [2.75, 3.05) is 13.2 Å². The minimum atomic E-state index is -0.586. The van der Waals surface area contributed by atoms with Gasteiger partial charge in [-0.2, -0.15) is 5.10 Å². The summed E-state index contributed by atoms with van der Waals surface area (Å²) >= 11 is 0. The van der Waals surface area contributed by atoms with E-state index in [0.717, 1.165) is 24.2 Å². The number of carbonyl (C=O) groups is 2. The van der Waals surface area contributed by atoms with Crippen LogP contribution < -0.4 is 5.32 Å². The smallest absolute Gasteiger partial charge is 0.340 e. The van der Waals surface area contributed by atoms with Gasteiger partial charge in [-0.25, -0.2) is 14.5 Å². The molecule has 29 heavy (non-hydrogen) atoms. The maximum Gasteiger partial charge on any atom is 0.340 e. The number of rotatable bonds is 8. The van der Waals surface area contributed by atoms with Crippen molar-refractivity contribution in [2.45, 2.75) is 26.7 Å². The van der Waals surface area contributed by atoms with Crippen LogP contribution in [-0.4, -0.2) is 39.8 Å². The Morgan fingerprint density at radius 3 is 2.55 bits per heavy atom. The van der Waals surface area contributed by atoms with Gasteiger partial charge in [-0.15, -0.1) is 0 Å². The van der Waals surface area contributed by atoms with E-state index < -0.39 is 5.97 Å². The number of carbonyl (C=O) groups excluding carboxylic acids is 2. The summed E-state index contributed by atoms with van der Waals surface area (Å²) in [6.07, 6.45) is 3.13. The van der Waals surface area contributed by atoms with E-state index in [-0.39, 0.29) is 18.1 Å². The van der Waals surface area contributed by atoms with Crippen LogP contribution in [0.15, 0.2) is 54.7 Å². The molecule has 0 fully saturated rings. The Morgan fingerprint density at radius 1 is 1.10 bits per heavy atom. The van der Waals surface area contributed by atoms with E-state index in [1.54, 1.807) is 16.8 Å². The molecule has 1 amide bonds. The van der Waals surface area contributed by atoms with Crippen molar-refractivity contribution in [3.8, 4) is 5.82 Å². The molecule has 0 aliphatic heterocycles. The van der Waals surface area contributed by atoms with Gasteiger partial charge in [0, 0.05) is 18.4 Å². The Labute approximate surface area is 169 Å². The summed E-state index contributed by atoms with van der Waals surface area (Å²) < 4.78 is 6.77. The van der Waals surface area contributed by atoms with Gasteiger partial charge in [0.05, 0.1) is 11.3 Å². The fourth-order valence-corrected chi connectivity index (χ4v) is 2.92. The second kappa shape index (κ2) is 9.64. The summed E-state index contributed by atoms with van der Waals surface area (Å²) in [6, 6.07) is 15.3. The normalized spacial score (nSPS) is 10.6. The van der Waals surface area contributed by atoms with E-state index >= 15 is 0 Å². The predicted molar refractivity (Wildman–Crippen MR) is 109 cm³/mol. The molecule has 1 N–H and O–H groups in total. The summed E-state index contributed by atoms with van der Waals surface area (Å²) in [6.45, 7) is 4.05. The summed E-state index contributed by atoms with van der Waals surface area (Å²) in [5.41, 5.74) is 3.36. The van der Waals surface area contributed by atoms with E-state index in [2.05, 4.69) is 27.5 Å². The topological polar surface area (TPSA) is 86.1 Å². The average Bonchev–Trinajstić information content (AvgIpc) is 3.08. The maximum atomic E-state index is 12.1. The zero-order chi connectivity index (χ0) is 20.6. The molecule has 0 saturated heterocycles. The molecule has 3 aromatic rings. The number of amides is 1. The summed E-state index contributed by atoms with van der Waals surface area (Å²) in [5, 5.41) is 7.11. The van der Waals surface area contributed by atoms with Crippen LogP contribution in [0.4, 0.5) is 0 Å². The van der Waals surface area contributed by atoms with Crippen LogP contribution in [0, 0.1) is 13.8 Å². The summed E-state index contributed by atoms with van der Waals surface area (Å²) in [4.78, 5) is 28.2. The first-order valence-electron chi connectivity index (χ1n) is 9.50. The van der Waals surface area contributed by atoms with E-state index in [0.29, 0.717) is 12.4 Å². The van der Waals surface area contributed by atoms with Crippen LogP contribution >= 0.6 is 0 Å². The molecule has 0 spiro atoms. The zero-order valence-corrected chi connectivity index (χ0v) is 16.6. The number of aryl methyl sites for hydroxylation is 3. The van der Waals surface area contributed by atoms with Crippen LogP contribution in [0.2, 0.25) is 0 Å². The van der Waals surface area contributed by atoms with Gasteiger partial charge in [0.15, 0.2) is 12.4 Å². The van der Waals surface area contributed by atoms with Crippen molar-refractivity contribution >= 4 is 11.9 Å². The molecule has 7 nitrogen and oxygen atoms in total. The van der Waals surface area contributed by atoms with Crippen LogP contribution in [-0.2, 0) is 16.0 Å². The van der Waals surface area contributed by atoms with Crippen molar-refractivity contribution in [1.82, 2.24) is 20.1 Å². The highest BCUT2D eigenvalue weighted by atomic mass is 16.5. The Balaban J connectivity index is 1.41. The van der Waals surface area contributed by atoms with Crippen LogP contribution in [0.25, 0.3) is 5.82 Å². The third kappa shape index (κ3) is 5.75. The van der Waals surface area contributed by atoms with Gasteiger partial charge in [0.1, 0.15) is 0 Å². The largest absolute Gasteiger partial charge is 0.452 e. The number of hydrogen-bond acceptors (Lipinski definition) is 5. The fraction of sp³-hybridized carbons (Fsp3) is 0.273. The fourth-order valence-electron chi connectivity index (χ4n) is 2.92. The molecule has 2 heterocycles. The number of ether oxygens (including phenoxy) is 1. The highest BCUT2D eigenvalue weighted by Crippen LogP contribution is 2.11. The van der Waals surface area contributed by atoms with Gasteiger partial charge in [0.25, 0.3) is 5.91 Å². The molecule has 0 unspecified atom stereocenters. The Hall–Kier alpha value is -3.48. The monoisotopic (exact) mass is 392 g/mol. The van der Waals surface area contributed by atoms with Crippen molar-refractivity contribution in [3.63, 3.8) is 0 Å². The van der Waals surface area contributed by atoms with E-state index in [4.69, 9.17) is 4.74 Å². The standard InChI is InChI=1S/C22H24N4O3/c1-16-13-17(2)26(25-16)20-11-10-19(14-24-20)22(28)29-15-21(27)23-12-6-9-18-7-4-3-5-8-18/h3-5,7-8,10-11,13-14H,6,9,12,15H2,1-2H3,(H,23,27). The number of esters is 1. The first kappa shape index (κ1) is 20.3. The Morgan fingerprint density at radius 2 is 1.90 bits per heavy atom. The third-order valence-corrected chi connectivity index (χ3v) is 4.35. The number of nitrogens with zero attached hydrogens (tertiary/aromatic N) is 3. The molecule has 0 radical (unpaired) electrons. The molecule has 2 aromatic heterocycles. The van der Waals surface area contributed by atoms with Crippen molar-refractivity contribution in [3.05, 3.63) is 77.2 Å². The van der Waals surface area contributed by atoms with Crippen molar-refractivity contribution in [2.24, 2.45) is 0 Å². The molecule has 0 saturated carbocycles. The predicted octanol–water partition coefficient (Wildman–Crippen LogP) is 2.79. The second-order valence-corrected chi connectivity index (χ2v) is 6.76. The lowest BCUT2D eigenvalue weighted by molar-refractivity contribution is -0.124. The first-order chi connectivity index (χ1) is 14.0. The van der Waals surface area contributed by atoms with Gasteiger partial charge in [0.2, 0.25) is 0 Å². The van der Waals surface area contributed by atoms with Gasteiger partial charge in [-0.1, -0.05) is 30.3 Å². The minimum absolute atomic E-state index is 0.284. The first-order valence-corrected chi connectivity index (χ1v) is 9.50. The highest BCUT2D eigenvalue weighted by Gasteiger charge is 2.12. The number of hydrogen-bond donors (Lipinski definition) is 1. The zero-order valence-electron chi connectivity index (χ0n) is 16.6. The van der Waals surface area contributed by atoms with Gasteiger partial charge in [-0.3, -0.25) is 4.79 Å². The van der Waals surface area contributed by atoms with Gasteiger partial charge in [-0.05, 0) is 50.5 Å². The van der Waals surface area contributed by atoms with E-state index in [1.807, 2.05) is 38.1 Å². The maximum absolute atomic E-state index is 12.1. The van der Waals surface area contributed by atoms with Crippen LogP contribution in [0.1, 0.15) is 33.7 Å². The molecular formula is C22H24N4O3. The van der Waals surface area contributed by atoms with Crippen molar-refractivity contribution in [1.29, 1.82) is 0 Å². The molecule has 0 aliphatic carbocycles. The Kier molecular flexibility index (Phi) is 6.73. The lowest BCUT2D eigenvalue weighted by Gasteiger charge is -2.07. The van der Waals surface area contributed by atoms with Gasteiger partial charge >= 0.3 is 5.97 Å². The molecule has 0 aliphatic rings. The lowest BCUT2D eigenvalue weighted by atomic mass is 10.1. The van der Waals surface area contributed by atoms with Crippen LogP contribution in [0.5, 0.6) is 0 Å². The van der Waals surface area contributed by atoms with Gasteiger partial charge < -0.3 is 10.1 Å². The third-order valence-electron chi connectivity index (χ3n) is 4.35. The molecule has 150 valence electrons. The number of pyridine rings is 1. The quantitative estimate of drug-likeness (QED) is 0.471. The number of benzene rings is 1. The molecule has 3 rings (SSSR count). The average molecular weight is 392 g/mol. The molecular weight excluding hydrogens is 368 g/mol. The lowest BCUT2D eigenvalue weighted by Crippen LogP contribution is -2.29. The Bertz CT molecular complexity index is 965. The van der Waals surface area contributed by atoms with E-state index in [9.17, 15) is 9.59 Å². The summed E-state index contributed by atoms with van der Waals surface area (Å²) in [5.74, 6) is -0.293. The number of aromatic nitrogens is 3.